The first kappa shape index (κ1) is 17.7. The van der Waals surface area contributed by atoms with Gasteiger partial charge in [-0.05, 0) is 42.7 Å². The number of hydrogen-bond acceptors (Lipinski definition) is 4. The van der Waals surface area contributed by atoms with Crippen LogP contribution in [0, 0.1) is 0 Å². The zero-order chi connectivity index (χ0) is 20.0. The highest BCUT2D eigenvalue weighted by Crippen LogP contribution is 2.33. The molecule has 0 atom stereocenters. The van der Waals surface area contributed by atoms with Crippen LogP contribution in [-0.4, -0.2) is 26.0 Å². The average Bonchev–Trinajstić information content (AvgIpc) is 3.42. The van der Waals surface area contributed by atoms with Gasteiger partial charge >= 0.3 is 6.18 Å². The minimum Gasteiger partial charge on any atom is -0.351 e. The van der Waals surface area contributed by atoms with Crippen molar-refractivity contribution >= 4 is 17.0 Å². The van der Waals surface area contributed by atoms with Crippen LogP contribution >= 0.6 is 0 Å². The third kappa shape index (κ3) is 3.53. The van der Waals surface area contributed by atoms with Crippen molar-refractivity contribution in [2.45, 2.75) is 25.1 Å². The number of pyridine rings is 1. The predicted molar refractivity (Wildman–Crippen MR) is 104 cm³/mol. The molecule has 3 heterocycles. The van der Waals surface area contributed by atoms with E-state index in [4.69, 9.17) is 0 Å². The molecule has 1 aliphatic rings. The van der Waals surface area contributed by atoms with Crippen molar-refractivity contribution in [1.29, 1.82) is 0 Å². The zero-order valence-electron chi connectivity index (χ0n) is 15.2. The summed E-state index contributed by atoms with van der Waals surface area (Å²) in [7, 11) is 0. The van der Waals surface area contributed by atoms with Crippen molar-refractivity contribution in [1.82, 2.24) is 19.9 Å². The highest BCUT2D eigenvalue weighted by molar-refractivity contribution is 5.95. The summed E-state index contributed by atoms with van der Waals surface area (Å²) in [5.41, 5.74) is 3.03. The van der Waals surface area contributed by atoms with Gasteiger partial charge in [-0.2, -0.15) is 13.2 Å². The van der Waals surface area contributed by atoms with Crippen LogP contribution in [0.25, 0.3) is 33.4 Å². The fraction of sp³-hybridized carbons (Fsp3) is 0.190. The highest BCUT2D eigenvalue weighted by atomic mass is 19.4. The quantitative estimate of drug-likeness (QED) is 0.493. The number of nitrogens with zero attached hydrogens (tertiary/aromatic N) is 3. The Bertz CT molecular complexity index is 1180. The van der Waals surface area contributed by atoms with Crippen LogP contribution in [0.15, 0.2) is 55.0 Å². The number of H-pyrrole nitrogens is 1. The maximum Gasteiger partial charge on any atom is 0.416 e. The van der Waals surface area contributed by atoms with E-state index in [0.717, 1.165) is 47.2 Å². The summed E-state index contributed by atoms with van der Waals surface area (Å²) >= 11 is 0. The van der Waals surface area contributed by atoms with E-state index in [-0.39, 0.29) is 0 Å². The summed E-state index contributed by atoms with van der Waals surface area (Å²) in [4.78, 5) is 16.4. The Morgan fingerprint density at radius 3 is 2.52 bits per heavy atom. The van der Waals surface area contributed by atoms with Gasteiger partial charge in [-0.3, -0.25) is 0 Å². The van der Waals surface area contributed by atoms with E-state index in [1.165, 1.54) is 12.1 Å². The van der Waals surface area contributed by atoms with E-state index in [0.29, 0.717) is 23.2 Å². The first-order valence-corrected chi connectivity index (χ1v) is 9.22. The van der Waals surface area contributed by atoms with Crippen molar-refractivity contribution in [2.24, 2.45) is 0 Å². The zero-order valence-corrected chi connectivity index (χ0v) is 15.2. The van der Waals surface area contributed by atoms with Gasteiger partial charge in [-0.15, -0.1) is 0 Å². The Hall–Kier alpha value is -3.42. The molecule has 0 aliphatic heterocycles. The average molecular weight is 395 g/mol. The fourth-order valence-corrected chi connectivity index (χ4v) is 3.21. The Morgan fingerprint density at radius 1 is 1.00 bits per heavy atom. The number of benzene rings is 1. The lowest BCUT2D eigenvalue weighted by Gasteiger charge is -2.08. The van der Waals surface area contributed by atoms with E-state index in [9.17, 15) is 13.2 Å². The molecule has 4 aromatic rings. The molecule has 0 radical (unpaired) electrons. The molecule has 29 heavy (non-hydrogen) atoms. The molecule has 1 fully saturated rings. The minimum atomic E-state index is -4.35. The molecule has 0 amide bonds. The molecule has 146 valence electrons. The molecule has 8 heteroatoms. The fourth-order valence-electron chi connectivity index (χ4n) is 3.21. The molecule has 0 spiro atoms. The lowest BCUT2D eigenvalue weighted by Crippen LogP contribution is -2.05. The molecule has 1 saturated carbocycles. The van der Waals surface area contributed by atoms with E-state index >= 15 is 0 Å². The highest BCUT2D eigenvalue weighted by Gasteiger charge is 2.30. The number of fused-ring (bicyclic) bond motifs is 1. The van der Waals surface area contributed by atoms with Gasteiger partial charge in [-0.25, -0.2) is 15.0 Å². The molecule has 0 unspecified atom stereocenters. The molecule has 2 N–H and O–H groups in total. The maximum atomic E-state index is 12.8. The Labute approximate surface area is 164 Å². The van der Waals surface area contributed by atoms with Gasteiger partial charge < -0.3 is 10.3 Å². The largest absolute Gasteiger partial charge is 0.416 e. The second kappa shape index (κ2) is 6.58. The molecule has 5 nitrogen and oxygen atoms in total. The molecule has 0 saturated heterocycles. The molecule has 0 bridgehead atoms. The number of halogens is 3. The molecule has 5 rings (SSSR count). The molecular weight excluding hydrogens is 379 g/mol. The second-order valence-corrected chi connectivity index (χ2v) is 7.08. The lowest BCUT2D eigenvalue weighted by molar-refractivity contribution is -0.137. The number of alkyl halides is 3. The van der Waals surface area contributed by atoms with Crippen molar-refractivity contribution in [3.05, 3.63) is 60.6 Å². The number of nitrogens with one attached hydrogen (secondary N) is 2. The number of aromatic nitrogens is 4. The van der Waals surface area contributed by atoms with Crippen LogP contribution in [0.4, 0.5) is 19.1 Å². The number of hydrogen-bond donors (Lipinski definition) is 2. The Kier molecular flexibility index (Phi) is 4.01. The summed E-state index contributed by atoms with van der Waals surface area (Å²) in [6, 6.07) is 9.26. The van der Waals surface area contributed by atoms with Gasteiger partial charge in [0, 0.05) is 41.1 Å². The first-order chi connectivity index (χ1) is 14.0. The van der Waals surface area contributed by atoms with Crippen LogP contribution in [0.1, 0.15) is 18.4 Å². The van der Waals surface area contributed by atoms with Crippen LogP contribution in [0.5, 0.6) is 0 Å². The first-order valence-electron chi connectivity index (χ1n) is 9.22. The van der Waals surface area contributed by atoms with Crippen molar-refractivity contribution < 1.29 is 13.2 Å². The van der Waals surface area contributed by atoms with E-state index in [1.807, 2.05) is 18.3 Å². The molecule has 3 aromatic heterocycles. The van der Waals surface area contributed by atoms with Crippen LogP contribution in [-0.2, 0) is 6.18 Å². The molecular formula is C21H16F3N5. The maximum absolute atomic E-state index is 12.8. The molecule has 1 aromatic carbocycles. The van der Waals surface area contributed by atoms with Gasteiger partial charge in [0.2, 0.25) is 5.95 Å². The van der Waals surface area contributed by atoms with Crippen LogP contribution in [0.3, 0.4) is 0 Å². The van der Waals surface area contributed by atoms with E-state index in [2.05, 4.69) is 25.3 Å². The Morgan fingerprint density at radius 2 is 1.79 bits per heavy atom. The summed E-state index contributed by atoms with van der Waals surface area (Å²) in [5.74, 6) is 0.589. The smallest absolute Gasteiger partial charge is 0.351 e. The number of aromatic amines is 1. The predicted octanol–water partition coefficient (Wildman–Crippen LogP) is 5.28. The van der Waals surface area contributed by atoms with Gasteiger partial charge in [0.25, 0.3) is 0 Å². The van der Waals surface area contributed by atoms with Gasteiger partial charge in [0.15, 0.2) is 0 Å². The third-order valence-electron chi connectivity index (χ3n) is 4.92. The summed E-state index contributed by atoms with van der Waals surface area (Å²) in [6.07, 6.45) is 3.08. The van der Waals surface area contributed by atoms with Gasteiger partial charge in [-0.1, -0.05) is 12.1 Å². The number of anilines is 1. The SMILES string of the molecule is FC(F)(F)c1ccc(-c2cnc3[nH]cc(-c4ccnc(NC5CC5)n4)c3c2)cc1. The topological polar surface area (TPSA) is 66.5 Å². The summed E-state index contributed by atoms with van der Waals surface area (Å²) < 4.78 is 38.4. The standard InChI is InChI=1S/C21H16F3N5/c22-21(23,24)14-3-1-12(2-4-14)13-9-16-17(11-27-19(16)26-10-13)18-7-8-25-20(29-18)28-15-5-6-15/h1-4,7-11,15H,5-6H2,(H,26,27)(H,25,28,29). The third-order valence-corrected chi connectivity index (χ3v) is 4.92. The number of rotatable bonds is 4. The van der Waals surface area contributed by atoms with Crippen LogP contribution < -0.4 is 5.32 Å². The van der Waals surface area contributed by atoms with Gasteiger partial charge in [0.1, 0.15) is 5.65 Å². The lowest BCUT2D eigenvalue weighted by atomic mass is 10.0. The monoisotopic (exact) mass is 395 g/mol. The summed E-state index contributed by atoms with van der Waals surface area (Å²) in [5, 5.41) is 4.13. The van der Waals surface area contributed by atoms with Crippen molar-refractivity contribution in [3.63, 3.8) is 0 Å². The second-order valence-electron chi connectivity index (χ2n) is 7.08. The Balaban J connectivity index is 1.52. The minimum absolute atomic E-state index is 0.446. The van der Waals surface area contributed by atoms with E-state index in [1.54, 1.807) is 12.4 Å². The van der Waals surface area contributed by atoms with E-state index < -0.39 is 11.7 Å². The van der Waals surface area contributed by atoms with Gasteiger partial charge in [0.05, 0.1) is 11.3 Å². The van der Waals surface area contributed by atoms with Crippen LogP contribution in [0.2, 0.25) is 0 Å². The molecule has 1 aliphatic carbocycles. The normalized spacial score (nSPS) is 14.3. The van der Waals surface area contributed by atoms with Crippen molar-refractivity contribution in [2.75, 3.05) is 5.32 Å². The summed E-state index contributed by atoms with van der Waals surface area (Å²) in [6.45, 7) is 0. The van der Waals surface area contributed by atoms with Crippen molar-refractivity contribution in [3.8, 4) is 22.4 Å².